The summed E-state index contributed by atoms with van der Waals surface area (Å²) in [5, 5.41) is 5.72. The molecule has 0 aromatic carbocycles. The summed E-state index contributed by atoms with van der Waals surface area (Å²) < 4.78 is 27.9. The minimum absolute atomic E-state index is 0.000751. The molecule has 1 aliphatic heterocycles. The van der Waals surface area contributed by atoms with Gasteiger partial charge >= 0.3 is 0 Å². The molecule has 0 N–H and O–H groups in total. The third-order valence-corrected chi connectivity index (χ3v) is 6.18. The first-order valence-electron chi connectivity index (χ1n) is 8.78. The number of thiophene rings is 1. The zero-order valence-electron chi connectivity index (χ0n) is 15.0. The lowest BCUT2D eigenvalue weighted by Crippen LogP contribution is -2.39. The topological polar surface area (TPSA) is 63.4 Å². The molecule has 4 heterocycles. The van der Waals surface area contributed by atoms with Gasteiger partial charge in [0.25, 0.3) is 18.1 Å². The van der Waals surface area contributed by atoms with Crippen LogP contribution in [0.2, 0.25) is 0 Å². The Labute approximate surface area is 158 Å². The van der Waals surface area contributed by atoms with Crippen molar-refractivity contribution in [2.24, 2.45) is 0 Å². The van der Waals surface area contributed by atoms with Crippen molar-refractivity contribution in [1.29, 1.82) is 0 Å². The molecular weight excluding hydrogens is 372 g/mol. The number of carbonyl (C=O) groups excluding carboxylic acids is 1. The van der Waals surface area contributed by atoms with Gasteiger partial charge in [-0.1, -0.05) is 0 Å². The number of rotatable bonds is 3. The van der Waals surface area contributed by atoms with Crippen molar-refractivity contribution in [3.05, 3.63) is 45.2 Å². The summed E-state index contributed by atoms with van der Waals surface area (Å²) in [5.41, 5.74) is 2.06. The molecule has 6 nitrogen and oxygen atoms in total. The van der Waals surface area contributed by atoms with Gasteiger partial charge in [0.15, 0.2) is 0 Å². The number of halogens is 2. The van der Waals surface area contributed by atoms with Gasteiger partial charge in [-0.2, -0.15) is 14.6 Å². The minimum atomic E-state index is -2.67. The number of aryl methyl sites for hydroxylation is 1. The van der Waals surface area contributed by atoms with Gasteiger partial charge in [0.05, 0.1) is 11.3 Å². The van der Waals surface area contributed by atoms with Gasteiger partial charge in [-0.25, -0.2) is 13.8 Å². The Kier molecular flexibility index (Phi) is 4.63. The summed E-state index contributed by atoms with van der Waals surface area (Å²) in [6.07, 6.45) is 0.151. The van der Waals surface area contributed by atoms with Crippen LogP contribution in [-0.4, -0.2) is 43.5 Å². The summed E-state index contributed by atoms with van der Waals surface area (Å²) >= 11 is 1.57. The van der Waals surface area contributed by atoms with Gasteiger partial charge in [0.1, 0.15) is 12.0 Å². The van der Waals surface area contributed by atoms with Crippen molar-refractivity contribution in [2.45, 2.75) is 39.0 Å². The standard InChI is InChI=1S/C18H19F2N5OS/c1-10-11(2)27-8-13(10)17(26)24-5-3-4-12(7-24)14-6-15(16(19)20)25-18(23-14)21-9-22-25/h6,8-9,12,16H,3-5,7H2,1-2H3/t12-/m1/s1. The van der Waals surface area contributed by atoms with E-state index in [-0.39, 0.29) is 23.3 Å². The van der Waals surface area contributed by atoms with Crippen LogP contribution >= 0.6 is 11.3 Å². The lowest BCUT2D eigenvalue weighted by atomic mass is 9.93. The third-order valence-electron chi connectivity index (χ3n) is 5.17. The lowest BCUT2D eigenvalue weighted by molar-refractivity contribution is 0.0705. The van der Waals surface area contributed by atoms with Crippen LogP contribution in [0.25, 0.3) is 5.78 Å². The van der Waals surface area contributed by atoms with E-state index in [1.165, 1.54) is 12.4 Å². The minimum Gasteiger partial charge on any atom is -0.338 e. The van der Waals surface area contributed by atoms with E-state index >= 15 is 0 Å². The first-order chi connectivity index (χ1) is 13.0. The van der Waals surface area contributed by atoms with Crippen molar-refractivity contribution in [3.8, 4) is 0 Å². The molecule has 0 unspecified atom stereocenters. The van der Waals surface area contributed by atoms with Gasteiger partial charge < -0.3 is 4.90 Å². The summed E-state index contributed by atoms with van der Waals surface area (Å²) in [7, 11) is 0. The van der Waals surface area contributed by atoms with Crippen LogP contribution < -0.4 is 0 Å². The van der Waals surface area contributed by atoms with Crippen molar-refractivity contribution in [3.63, 3.8) is 0 Å². The third kappa shape index (κ3) is 3.20. The molecule has 0 bridgehead atoms. The highest BCUT2D eigenvalue weighted by molar-refractivity contribution is 7.10. The maximum Gasteiger partial charge on any atom is 0.280 e. The SMILES string of the molecule is Cc1scc(C(=O)N2CCC[C@@H](c3cc(C(F)F)n4ncnc4n3)C2)c1C. The van der Waals surface area contributed by atoms with E-state index < -0.39 is 6.43 Å². The number of hydrogen-bond donors (Lipinski definition) is 0. The lowest BCUT2D eigenvalue weighted by Gasteiger charge is -2.32. The number of alkyl halides is 2. The Morgan fingerprint density at radius 3 is 2.89 bits per heavy atom. The van der Waals surface area contributed by atoms with E-state index in [1.54, 1.807) is 16.2 Å². The summed E-state index contributed by atoms with van der Waals surface area (Å²) in [5.74, 6) is 0.0664. The number of piperidine rings is 1. The Hall–Kier alpha value is -2.42. The zero-order valence-corrected chi connectivity index (χ0v) is 15.8. The second kappa shape index (κ2) is 6.95. The van der Waals surface area contributed by atoms with Crippen LogP contribution in [0.3, 0.4) is 0 Å². The van der Waals surface area contributed by atoms with E-state index in [1.807, 2.05) is 19.2 Å². The molecule has 3 aromatic rings. The molecule has 0 aliphatic carbocycles. The maximum absolute atomic E-state index is 13.4. The Morgan fingerprint density at radius 1 is 1.37 bits per heavy atom. The maximum atomic E-state index is 13.4. The van der Waals surface area contributed by atoms with Crippen LogP contribution in [-0.2, 0) is 0 Å². The molecule has 0 radical (unpaired) electrons. The number of amides is 1. The molecule has 1 fully saturated rings. The van der Waals surface area contributed by atoms with Gasteiger partial charge in [0, 0.05) is 29.3 Å². The van der Waals surface area contributed by atoms with Crippen LogP contribution in [0.15, 0.2) is 17.8 Å². The molecule has 27 heavy (non-hydrogen) atoms. The largest absolute Gasteiger partial charge is 0.338 e. The number of aromatic nitrogens is 4. The fourth-order valence-corrected chi connectivity index (χ4v) is 4.38. The monoisotopic (exact) mass is 391 g/mol. The molecule has 1 saturated heterocycles. The molecule has 1 amide bonds. The quantitative estimate of drug-likeness (QED) is 0.682. The normalized spacial score (nSPS) is 17.8. The number of fused-ring (bicyclic) bond motifs is 1. The van der Waals surface area contributed by atoms with E-state index in [2.05, 4.69) is 15.1 Å². The highest BCUT2D eigenvalue weighted by Gasteiger charge is 2.29. The van der Waals surface area contributed by atoms with Crippen LogP contribution in [0.1, 0.15) is 57.4 Å². The van der Waals surface area contributed by atoms with E-state index in [4.69, 9.17) is 0 Å². The zero-order chi connectivity index (χ0) is 19.1. The number of likely N-dealkylation sites (tertiary alicyclic amines) is 1. The van der Waals surface area contributed by atoms with Crippen molar-refractivity contribution >= 4 is 23.0 Å². The summed E-state index contributed by atoms with van der Waals surface area (Å²) in [6.45, 7) is 5.08. The smallest absolute Gasteiger partial charge is 0.280 e. The molecule has 9 heteroatoms. The van der Waals surface area contributed by atoms with Crippen molar-refractivity contribution in [1.82, 2.24) is 24.5 Å². The van der Waals surface area contributed by atoms with Crippen LogP contribution in [0.5, 0.6) is 0 Å². The Morgan fingerprint density at radius 2 is 2.19 bits per heavy atom. The molecular formula is C18H19F2N5OS. The number of hydrogen-bond acceptors (Lipinski definition) is 5. The van der Waals surface area contributed by atoms with E-state index in [9.17, 15) is 13.6 Å². The number of carbonyl (C=O) groups is 1. The predicted molar refractivity (Wildman–Crippen MR) is 97.4 cm³/mol. The molecule has 3 aromatic heterocycles. The second-order valence-corrected chi connectivity index (χ2v) is 7.88. The van der Waals surface area contributed by atoms with E-state index in [0.29, 0.717) is 18.8 Å². The van der Waals surface area contributed by atoms with Crippen LogP contribution in [0.4, 0.5) is 8.78 Å². The second-order valence-electron chi connectivity index (χ2n) is 6.80. The highest BCUT2D eigenvalue weighted by Crippen LogP contribution is 2.30. The van der Waals surface area contributed by atoms with Crippen molar-refractivity contribution < 1.29 is 13.6 Å². The molecule has 142 valence electrons. The summed E-state index contributed by atoms with van der Waals surface area (Å²) in [6, 6.07) is 1.39. The fourth-order valence-electron chi connectivity index (χ4n) is 3.52. The first-order valence-corrected chi connectivity index (χ1v) is 9.66. The van der Waals surface area contributed by atoms with Gasteiger partial charge in [-0.3, -0.25) is 4.79 Å². The van der Waals surface area contributed by atoms with E-state index in [0.717, 1.165) is 33.4 Å². The number of nitrogens with zero attached hydrogens (tertiary/aromatic N) is 5. The Balaban J connectivity index is 1.62. The Bertz CT molecular complexity index is 999. The average molecular weight is 391 g/mol. The van der Waals surface area contributed by atoms with Crippen LogP contribution in [0, 0.1) is 13.8 Å². The average Bonchev–Trinajstić information content (AvgIpc) is 3.27. The highest BCUT2D eigenvalue weighted by atomic mass is 32.1. The first kappa shape index (κ1) is 18.0. The fraction of sp³-hybridized carbons (Fsp3) is 0.444. The molecule has 1 atom stereocenters. The molecule has 1 aliphatic rings. The van der Waals surface area contributed by atoms with Gasteiger partial charge in [-0.05, 0) is 38.3 Å². The molecule has 0 saturated carbocycles. The predicted octanol–water partition coefficient (Wildman–Crippen LogP) is 3.76. The summed E-state index contributed by atoms with van der Waals surface area (Å²) in [4.78, 5) is 24.2. The van der Waals surface area contributed by atoms with Gasteiger partial charge in [0.2, 0.25) is 0 Å². The van der Waals surface area contributed by atoms with Gasteiger partial charge in [-0.15, -0.1) is 11.3 Å². The molecule has 4 rings (SSSR count). The van der Waals surface area contributed by atoms with Crippen molar-refractivity contribution in [2.75, 3.05) is 13.1 Å². The molecule has 0 spiro atoms.